The van der Waals surface area contributed by atoms with E-state index in [1.165, 1.54) is 12.0 Å². The third-order valence-electron chi connectivity index (χ3n) is 2.42. The molecule has 0 spiro atoms. The van der Waals surface area contributed by atoms with Crippen molar-refractivity contribution in [2.24, 2.45) is 0 Å². The lowest BCUT2D eigenvalue weighted by Gasteiger charge is -2.20. The fourth-order valence-corrected chi connectivity index (χ4v) is 1.62. The van der Waals surface area contributed by atoms with Crippen LogP contribution in [0.15, 0.2) is 24.3 Å². The number of aliphatic carboxylic acids is 1. The fraction of sp³-hybridized carbons (Fsp3) is 0.385. The first-order valence-electron chi connectivity index (χ1n) is 5.73. The number of carboxylic acids is 1. The number of rotatable bonds is 6. The summed E-state index contributed by atoms with van der Waals surface area (Å²) in [5, 5.41) is 8.79. The molecular weight excluding hydrogens is 234 g/mol. The van der Waals surface area contributed by atoms with Crippen molar-refractivity contribution in [1.29, 1.82) is 0 Å². The quantitative estimate of drug-likeness (QED) is 0.834. The van der Waals surface area contributed by atoms with Gasteiger partial charge in [0.05, 0.1) is 7.11 Å². The summed E-state index contributed by atoms with van der Waals surface area (Å²) >= 11 is 0. The van der Waals surface area contributed by atoms with Gasteiger partial charge in [-0.05, 0) is 24.6 Å². The summed E-state index contributed by atoms with van der Waals surface area (Å²) < 4.78 is 5.04. The van der Waals surface area contributed by atoms with Crippen LogP contribution in [0.1, 0.15) is 23.7 Å². The predicted octanol–water partition coefficient (Wildman–Crippen LogP) is 1.63. The molecule has 0 unspecified atom stereocenters. The molecule has 0 saturated carbocycles. The van der Waals surface area contributed by atoms with Crippen LogP contribution in [0, 0.1) is 0 Å². The molecule has 0 radical (unpaired) electrons. The Bertz CT molecular complexity index is 431. The molecule has 5 nitrogen and oxygen atoms in total. The minimum Gasteiger partial charge on any atom is -0.497 e. The van der Waals surface area contributed by atoms with Gasteiger partial charge in [0.15, 0.2) is 0 Å². The number of ether oxygens (including phenoxy) is 1. The van der Waals surface area contributed by atoms with Gasteiger partial charge in [-0.3, -0.25) is 9.59 Å². The van der Waals surface area contributed by atoms with E-state index in [-0.39, 0.29) is 12.5 Å². The first-order chi connectivity index (χ1) is 8.58. The SMILES string of the molecule is CCCN(CC(=O)O)C(=O)c1cccc(OC)c1. The maximum absolute atomic E-state index is 12.1. The highest BCUT2D eigenvalue weighted by atomic mass is 16.5. The Labute approximate surface area is 106 Å². The van der Waals surface area contributed by atoms with Crippen LogP contribution in [0.25, 0.3) is 0 Å². The van der Waals surface area contributed by atoms with Crippen LogP contribution in [0.5, 0.6) is 5.75 Å². The van der Waals surface area contributed by atoms with Crippen molar-refractivity contribution in [2.45, 2.75) is 13.3 Å². The van der Waals surface area contributed by atoms with E-state index in [1.807, 2.05) is 6.92 Å². The third kappa shape index (κ3) is 3.76. The van der Waals surface area contributed by atoms with Crippen molar-refractivity contribution in [2.75, 3.05) is 20.2 Å². The van der Waals surface area contributed by atoms with Gasteiger partial charge in [-0.25, -0.2) is 0 Å². The number of hydrogen-bond donors (Lipinski definition) is 1. The molecule has 0 aliphatic heterocycles. The highest BCUT2D eigenvalue weighted by Crippen LogP contribution is 2.14. The van der Waals surface area contributed by atoms with E-state index in [1.54, 1.807) is 24.3 Å². The molecule has 0 fully saturated rings. The lowest BCUT2D eigenvalue weighted by Crippen LogP contribution is -2.36. The maximum atomic E-state index is 12.1. The van der Waals surface area contributed by atoms with Gasteiger partial charge in [0.1, 0.15) is 12.3 Å². The second-order valence-electron chi connectivity index (χ2n) is 3.85. The second kappa shape index (κ2) is 6.64. The summed E-state index contributed by atoms with van der Waals surface area (Å²) in [4.78, 5) is 24.2. The lowest BCUT2D eigenvalue weighted by molar-refractivity contribution is -0.137. The Balaban J connectivity index is 2.89. The van der Waals surface area contributed by atoms with Gasteiger partial charge < -0.3 is 14.7 Å². The molecule has 1 N–H and O–H groups in total. The van der Waals surface area contributed by atoms with Crippen molar-refractivity contribution in [1.82, 2.24) is 4.90 Å². The van der Waals surface area contributed by atoms with Gasteiger partial charge >= 0.3 is 5.97 Å². The standard InChI is InChI=1S/C13H17NO4/c1-3-7-14(9-12(15)16)13(17)10-5-4-6-11(8-10)18-2/h4-6,8H,3,7,9H2,1-2H3,(H,15,16). The van der Waals surface area contributed by atoms with Crippen LogP contribution < -0.4 is 4.74 Å². The molecule has 0 bridgehead atoms. The van der Waals surface area contributed by atoms with Crippen LogP contribution in [-0.2, 0) is 4.79 Å². The van der Waals surface area contributed by atoms with Crippen molar-refractivity contribution < 1.29 is 19.4 Å². The molecule has 1 aromatic rings. The van der Waals surface area contributed by atoms with Crippen molar-refractivity contribution in [3.8, 4) is 5.75 Å². The van der Waals surface area contributed by atoms with Crippen molar-refractivity contribution in [3.63, 3.8) is 0 Å². The Hall–Kier alpha value is -2.04. The molecule has 5 heteroatoms. The summed E-state index contributed by atoms with van der Waals surface area (Å²) in [6.45, 7) is 2.03. The topological polar surface area (TPSA) is 66.8 Å². The average molecular weight is 251 g/mol. The van der Waals surface area contributed by atoms with Gasteiger partial charge in [-0.1, -0.05) is 13.0 Å². The van der Waals surface area contributed by atoms with E-state index in [0.29, 0.717) is 24.3 Å². The van der Waals surface area contributed by atoms with Crippen LogP contribution in [0.3, 0.4) is 0 Å². The summed E-state index contributed by atoms with van der Waals surface area (Å²) in [5.74, 6) is -0.731. The number of hydrogen-bond acceptors (Lipinski definition) is 3. The third-order valence-corrected chi connectivity index (χ3v) is 2.42. The normalized spacial score (nSPS) is 9.89. The van der Waals surface area contributed by atoms with Crippen LogP contribution in [-0.4, -0.2) is 42.1 Å². The smallest absolute Gasteiger partial charge is 0.323 e. The number of methoxy groups -OCH3 is 1. The molecule has 1 amide bonds. The van der Waals surface area contributed by atoms with E-state index in [4.69, 9.17) is 9.84 Å². The molecule has 0 aliphatic carbocycles. The van der Waals surface area contributed by atoms with Gasteiger partial charge in [0.2, 0.25) is 0 Å². The number of amides is 1. The van der Waals surface area contributed by atoms with Crippen molar-refractivity contribution >= 4 is 11.9 Å². The van der Waals surface area contributed by atoms with Crippen LogP contribution in [0.2, 0.25) is 0 Å². The zero-order valence-electron chi connectivity index (χ0n) is 10.5. The molecular formula is C13H17NO4. The lowest BCUT2D eigenvalue weighted by atomic mass is 10.2. The molecule has 1 aromatic carbocycles. The van der Waals surface area contributed by atoms with Gasteiger partial charge in [0, 0.05) is 12.1 Å². The Kier molecular flexibility index (Phi) is 5.17. The predicted molar refractivity (Wildman–Crippen MR) is 66.8 cm³/mol. The zero-order chi connectivity index (χ0) is 13.5. The Morgan fingerprint density at radius 2 is 2.11 bits per heavy atom. The Morgan fingerprint density at radius 3 is 2.67 bits per heavy atom. The first-order valence-corrected chi connectivity index (χ1v) is 5.73. The van der Waals surface area contributed by atoms with E-state index in [0.717, 1.165) is 0 Å². The Morgan fingerprint density at radius 1 is 1.39 bits per heavy atom. The number of carbonyl (C=O) groups is 2. The average Bonchev–Trinajstić information content (AvgIpc) is 2.37. The van der Waals surface area contributed by atoms with Gasteiger partial charge in [-0.2, -0.15) is 0 Å². The number of carbonyl (C=O) groups excluding carboxylic acids is 1. The molecule has 0 atom stereocenters. The minimum absolute atomic E-state index is 0.288. The maximum Gasteiger partial charge on any atom is 0.323 e. The summed E-state index contributed by atoms with van der Waals surface area (Å²) in [6.07, 6.45) is 0.711. The van der Waals surface area contributed by atoms with E-state index < -0.39 is 5.97 Å². The van der Waals surface area contributed by atoms with E-state index in [9.17, 15) is 9.59 Å². The second-order valence-corrected chi connectivity index (χ2v) is 3.85. The highest BCUT2D eigenvalue weighted by molar-refractivity contribution is 5.96. The molecule has 0 aromatic heterocycles. The molecule has 0 saturated heterocycles. The monoisotopic (exact) mass is 251 g/mol. The van der Waals surface area contributed by atoms with E-state index >= 15 is 0 Å². The highest BCUT2D eigenvalue weighted by Gasteiger charge is 2.17. The minimum atomic E-state index is -1.01. The first kappa shape index (κ1) is 14.0. The summed E-state index contributed by atoms with van der Waals surface area (Å²) in [6, 6.07) is 6.69. The summed E-state index contributed by atoms with van der Waals surface area (Å²) in [7, 11) is 1.52. The van der Waals surface area contributed by atoms with Crippen LogP contribution >= 0.6 is 0 Å². The number of carboxylic acid groups (broad SMARTS) is 1. The summed E-state index contributed by atoms with van der Waals surface area (Å²) in [5.41, 5.74) is 0.434. The fourth-order valence-electron chi connectivity index (χ4n) is 1.62. The van der Waals surface area contributed by atoms with Crippen LogP contribution in [0.4, 0.5) is 0 Å². The largest absolute Gasteiger partial charge is 0.497 e. The molecule has 0 heterocycles. The molecule has 0 aliphatic rings. The van der Waals surface area contributed by atoms with Crippen molar-refractivity contribution in [3.05, 3.63) is 29.8 Å². The number of benzene rings is 1. The number of nitrogens with zero attached hydrogens (tertiary/aromatic N) is 1. The molecule has 18 heavy (non-hydrogen) atoms. The molecule has 1 rings (SSSR count). The van der Waals surface area contributed by atoms with Gasteiger partial charge in [0.25, 0.3) is 5.91 Å². The van der Waals surface area contributed by atoms with E-state index in [2.05, 4.69) is 0 Å². The molecule has 98 valence electrons. The van der Waals surface area contributed by atoms with Gasteiger partial charge in [-0.15, -0.1) is 0 Å². The zero-order valence-corrected chi connectivity index (χ0v) is 10.5.